The van der Waals surface area contributed by atoms with E-state index in [0.717, 1.165) is 57.2 Å². The Hall–Kier alpha value is -4.63. The second-order valence-electron chi connectivity index (χ2n) is 12.2. The van der Waals surface area contributed by atoms with Gasteiger partial charge in [-0.3, -0.25) is 4.57 Å². The molecule has 0 atom stereocenters. The molecule has 0 saturated carbocycles. The van der Waals surface area contributed by atoms with E-state index in [1.165, 1.54) is 27.9 Å². The molecule has 3 heteroatoms. The Labute approximate surface area is 247 Å². The van der Waals surface area contributed by atoms with Crippen LogP contribution in [0.4, 0.5) is 0 Å². The normalized spacial score (nSPS) is 12.0. The number of hydrogen-bond donors (Lipinski definition) is 0. The molecule has 5 aromatic carbocycles. The van der Waals surface area contributed by atoms with Gasteiger partial charge in [0, 0.05) is 10.8 Å². The van der Waals surface area contributed by atoms with Gasteiger partial charge >= 0.3 is 0 Å². The first kappa shape index (κ1) is 26.3. The number of para-hydroxylation sites is 4. The van der Waals surface area contributed by atoms with E-state index in [2.05, 4.69) is 129 Å². The van der Waals surface area contributed by atoms with Crippen LogP contribution in [0.1, 0.15) is 38.8 Å². The van der Waals surface area contributed by atoms with Crippen LogP contribution in [0.15, 0.2) is 114 Å². The van der Waals surface area contributed by atoms with E-state index in [9.17, 15) is 0 Å². The van der Waals surface area contributed by atoms with Crippen LogP contribution in [-0.2, 0) is 12.8 Å². The third-order valence-electron chi connectivity index (χ3n) is 8.06. The number of nitrogens with zero attached hydrogens (tertiary/aromatic N) is 2. The van der Waals surface area contributed by atoms with E-state index < -0.39 is 0 Å². The second-order valence-corrected chi connectivity index (χ2v) is 12.2. The molecule has 7 rings (SSSR count). The smallest absolute Gasteiger partial charge is 0.149 e. The molecule has 2 aromatic heterocycles. The molecule has 0 aliphatic rings. The molecule has 0 fully saturated rings. The average molecular weight is 549 g/mol. The van der Waals surface area contributed by atoms with Crippen LogP contribution in [0.2, 0.25) is 0 Å². The van der Waals surface area contributed by atoms with Gasteiger partial charge in [-0.05, 0) is 83.3 Å². The van der Waals surface area contributed by atoms with Gasteiger partial charge in [-0.1, -0.05) is 100 Å². The molecule has 0 bridgehead atoms. The summed E-state index contributed by atoms with van der Waals surface area (Å²) in [6.07, 6.45) is 1.95. The molecule has 208 valence electrons. The fourth-order valence-corrected chi connectivity index (χ4v) is 6.39. The van der Waals surface area contributed by atoms with Gasteiger partial charge in [0.15, 0.2) is 0 Å². The van der Waals surface area contributed by atoms with Gasteiger partial charge in [0.05, 0.1) is 22.3 Å². The molecule has 0 saturated heterocycles. The number of hydrogen-bond acceptors (Lipinski definition) is 2. The van der Waals surface area contributed by atoms with Crippen LogP contribution in [0.5, 0.6) is 0 Å². The van der Waals surface area contributed by atoms with Gasteiger partial charge in [0.2, 0.25) is 0 Å². The minimum absolute atomic E-state index is 0.499. The maximum absolute atomic E-state index is 6.54. The Balaban J connectivity index is 1.58. The van der Waals surface area contributed by atoms with Gasteiger partial charge in [0.25, 0.3) is 0 Å². The lowest BCUT2D eigenvalue weighted by Gasteiger charge is -2.23. The summed E-state index contributed by atoms with van der Waals surface area (Å²) in [6.45, 7) is 9.23. The van der Waals surface area contributed by atoms with Crippen LogP contribution < -0.4 is 0 Å². The van der Waals surface area contributed by atoms with Crippen LogP contribution in [0.25, 0.3) is 61.2 Å². The number of aromatic nitrogens is 2. The summed E-state index contributed by atoms with van der Waals surface area (Å²) in [4.78, 5) is 5.30. The van der Waals surface area contributed by atoms with Crippen molar-refractivity contribution < 1.29 is 4.42 Å². The molecule has 0 amide bonds. The fourth-order valence-electron chi connectivity index (χ4n) is 6.39. The SMILES string of the molecule is CC(C)Cc1cc(-c2ccccc2)cc(CC(C)C)c1-n1c(-c2cccc3c2oc2ccccc23)nc2ccccc21. The molecule has 0 aliphatic heterocycles. The largest absolute Gasteiger partial charge is 0.455 e. The highest BCUT2D eigenvalue weighted by Crippen LogP contribution is 2.40. The highest BCUT2D eigenvalue weighted by molar-refractivity contribution is 6.09. The summed E-state index contributed by atoms with van der Waals surface area (Å²) >= 11 is 0. The lowest BCUT2D eigenvalue weighted by atomic mass is 9.89. The van der Waals surface area contributed by atoms with Crippen molar-refractivity contribution in [1.82, 2.24) is 9.55 Å². The number of benzene rings is 5. The van der Waals surface area contributed by atoms with Crippen molar-refractivity contribution in [3.8, 4) is 28.2 Å². The Bertz CT molecular complexity index is 2010. The van der Waals surface area contributed by atoms with Crippen molar-refractivity contribution in [2.45, 2.75) is 40.5 Å². The summed E-state index contributed by atoms with van der Waals surface area (Å²) in [7, 11) is 0. The molecule has 0 spiro atoms. The lowest BCUT2D eigenvalue weighted by molar-refractivity contribution is 0.632. The van der Waals surface area contributed by atoms with Crippen molar-refractivity contribution in [2.75, 3.05) is 0 Å². The predicted molar refractivity (Wildman–Crippen MR) is 176 cm³/mol. The van der Waals surface area contributed by atoms with Crippen molar-refractivity contribution in [2.24, 2.45) is 11.8 Å². The quantitative estimate of drug-likeness (QED) is 0.198. The first-order valence-electron chi connectivity index (χ1n) is 15.1. The van der Waals surface area contributed by atoms with E-state index in [4.69, 9.17) is 9.40 Å². The topological polar surface area (TPSA) is 31.0 Å². The number of fused-ring (bicyclic) bond motifs is 4. The van der Waals surface area contributed by atoms with Crippen molar-refractivity contribution in [1.29, 1.82) is 0 Å². The minimum Gasteiger partial charge on any atom is -0.455 e. The molecule has 42 heavy (non-hydrogen) atoms. The first-order chi connectivity index (χ1) is 20.5. The standard InChI is InChI=1S/C39H36N2O/c1-25(2)21-29-23-28(27-13-6-5-7-14-27)24-30(22-26(3)4)37(29)41-35-19-10-9-18-34(35)40-39(41)33-17-12-16-32-31-15-8-11-20-36(31)42-38(32)33/h5-20,23-26H,21-22H2,1-4H3. The van der Waals surface area contributed by atoms with Crippen molar-refractivity contribution in [3.63, 3.8) is 0 Å². The Morgan fingerprint density at radius 3 is 2.02 bits per heavy atom. The fraction of sp³-hybridized carbons (Fsp3) is 0.205. The van der Waals surface area contributed by atoms with Crippen molar-refractivity contribution in [3.05, 3.63) is 120 Å². The minimum atomic E-state index is 0.499. The molecular weight excluding hydrogens is 512 g/mol. The zero-order valence-electron chi connectivity index (χ0n) is 24.8. The number of furan rings is 1. The maximum Gasteiger partial charge on any atom is 0.149 e. The molecule has 0 aliphatic carbocycles. The second kappa shape index (κ2) is 10.6. The van der Waals surface area contributed by atoms with Gasteiger partial charge in [-0.2, -0.15) is 0 Å². The van der Waals surface area contributed by atoms with Crippen LogP contribution in [0.3, 0.4) is 0 Å². The summed E-state index contributed by atoms with van der Waals surface area (Å²) < 4.78 is 8.96. The molecule has 0 N–H and O–H groups in total. The van der Waals surface area contributed by atoms with Gasteiger partial charge in [-0.25, -0.2) is 4.98 Å². The molecular formula is C39H36N2O. The highest BCUT2D eigenvalue weighted by atomic mass is 16.3. The summed E-state index contributed by atoms with van der Waals surface area (Å²) in [5.41, 5.74) is 11.4. The van der Waals surface area contributed by atoms with Gasteiger partial charge in [0.1, 0.15) is 17.0 Å². The van der Waals surface area contributed by atoms with E-state index in [0.29, 0.717) is 11.8 Å². The summed E-state index contributed by atoms with van der Waals surface area (Å²) in [5.74, 6) is 1.92. The average Bonchev–Trinajstić information content (AvgIpc) is 3.56. The Morgan fingerprint density at radius 1 is 0.643 bits per heavy atom. The maximum atomic E-state index is 6.54. The van der Waals surface area contributed by atoms with Crippen LogP contribution >= 0.6 is 0 Å². The van der Waals surface area contributed by atoms with E-state index in [1.807, 2.05) is 12.1 Å². The Kier molecular flexibility index (Phi) is 6.66. The van der Waals surface area contributed by atoms with E-state index >= 15 is 0 Å². The van der Waals surface area contributed by atoms with Gasteiger partial charge < -0.3 is 4.42 Å². The van der Waals surface area contributed by atoms with Gasteiger partial charge in [-0.15, -0.1) is 0 Å². The molecule has 2 heterocycles. The summed E-state index contributed by atoms with van der Waals surface area (Å²) in [5, 5.41) is 2.25. The third kappa shape index (κ3) is 4.59. The molecule has 0 unspecified atom stereocenters. The van der Waals surface area contributed by atoms with Crippen LogP contribution in [0, 0.1) is 11.8 Å². The molecule has 3 nitrogen and oxygen atoms in total. The third-order valence-corrected chi connectivity index (χ3v) is 8.06. The lowest BCUT2D eigenvalue weighted by Crippen LogP contribution is -2.11. The zero-order chi connectivity index (χ0) is 28.8. The number of rotatable bonds is 7. The summed E-state index contributed by atoms with van der Waals surface area (Å²) in [6, 6.07) is 38.9. The zero-order valence-corrected chi connectivity index (χ0v) is 24.8. The Morgan fingerprint density at radius 2 is 1.29 bits per heavy atom. The monoisotopic (exact) mass is 548 g/mol. The first-order valence-corrected chi connectivity index (χ1v) is 15.1. The van der Waals surface area contributed by atoms with Crippen molar-refractivity contribution >= 4 is 33.0 Å². The van der Waals surface area contributed by atoms with Crippen LogP contribution in [-0.4, -0.2) is 9.55 Å². The van der Waals surface area contributed by atoms with E-state index in [1.54, 1.807) is 0 Å². The molecule has 0 radical (unpaired) electrons. The molecule has 7 aromatic rings. The number of imidazole rings is 1. The highest BCUT2D eigenvalue weighted by Gasteiger charge is 2.24. The predicted octanol–water partition coefficient (Wildman–Crippen LogP) is 10.7. The van der Waals surface area contributed by atoms with E-state index in [-0.39, 0.29) is 0 Å².